The second kappa shape index (κ2) is 10.2. The number of hydrogen-bond acceptors (Lipinski definition) is 9. The summed E-state index contributed by atoms with van der Waals surface area (Å²) in [5, 5.41) is 16.3. The van der Waals surface area contributed by atoms with E-state index in [1.807, 2.05) is 6.07 Å². The van der Waals surface area contributed by atoms with Crippen LogP contribution in [0.4, 0.5) is 5.82 Å². The molecule has 170 valence electrons. The third kappa shape index (κ3) is 5.34. The van der Waals surface area contributed by atoms with E-state index in [1.54, 1.807) is 44.7 Å². The zero-order chi connectivity index (χ0) is 23.2. The molecule has 0 bridgehead atoms. The molecule has 3 aromatic rings. The van der Waals surface area contributed by atoms with Crippen LogP contribution in [0.5, 0.6) is 5.75 Å². The molecule has 1 aliphatic heterocycles. The highest BCUT2D eigenvalue weighted by molar-refractivity contribution is 5.88. The Bertz CT molecular complexity index is 1190. The van der Waals surface area contributed by atoms with Crippen molar-refractivity contribution < 1.29 is 14.3 Å². The molecule has 1 aliphatic rings. The number of carbonyl (C=O) groups is 1. The molecule has 2 aromatic heterocycles. The number of benzene rings is 1. The van der Waals surface area contributed by atoms with Gasteiger partial charge in [-0.05, 0) is 24.3 Å². The zero-order valence-corrected chi connectivity index (χ0v) is 18.5. The summed E-state index contributed by atoms with van der Waals surface area (Å²) >= 11 is 0. The highest BCUT2D eigenvalue weighted by Crippen LogP contribution is 2.29. The lowest BCUT2D eigenvalue weighted by Gasteiger charge is -2.24. The molecule has 0 aliphatic carbocycles. The first kappa shape index (κ1) is 22.4. The number of amides is 1. The molecule has 0 unspecified atom stereocenters. The minimum absolute atomic E-state index is 0.0300. The van der Waals surface area contributed by atoms with E-state index >= 15 is 0 Å². The Balaban J connectivity index is 1.62. The van der Waals surface area contributed by atoms with Crippen molar-refractivity contribution in [2.45, 2.75) is 6.10 Å². The molecule has 0 radical (unpaired) electrons. The highest BCUT2D eigenvalue weighted by atomic mass is 16.5. The first-order valence-corrected chi connectivity index (χ1v) is 10.6. The van der Waals surface area contributed by atoms with Crippen LogP contribution in [0.3, 0.4) is 0 Å². The molecular formula is C23H25N7O3. The number of likely N-dealkylation sites (N-methyl/N-ethyl adjacent to an activating group) is 1. The molecular weight excluding hydrogens is 422 g/mol. The van der Waals surface area contributed by atoms with Gasteiger partial charge in [0.15, 0.2) is 12.4 Å². The third-order valence-corrected chi connectivity index (χ3v) is 5.20. The summed E-state index contributed by atoms with van der Waals surface area (Å²) in [5.74, 6) is 0.753. The van der Waals surface area contributed by atoms with Crippen molar-refractivity contribution in [3.8, 4) is 23.1 Å². The number of fused-ring (bicyclic) bond motifs is 1. The Morgan fingerprint density at radius 1 is 1.33 bits per heavy atom. The molecule has 1 amide bonds. The quantitative estimate of drug-likeness (QED) is 0.553. The van der Waals surface area contributed by atoms with Gasteiger partial charge in [-0.1, -0.05) is 0 Å². The van der Waals surface area contributed by atoms with E-state index in [2.05, 4.69) is 26.7 Å². The number of aromatic nitrogens is 3. The van der Waals surface area contributed by atoms with Crippen molar-refractivity contribution >= 4 is 22.8 Å². The third-order valence-electron chi connectivity index (χ3n) is 5.20. The van der Waals surface area contributed by atoms with E-state index in [-0.39, 0.29) is 18.6 Å². The van der Waals surface area contributed by atoms with Crippen LogP contribution in [0.2, 0.25) is 0 Å². The lowest BCUT2D eigenvalue weighted by atomic mass is 10.1. The molecule has 10 nitrogen and oxygen atoms in total. The van der Waals surface area contributed by atoms with Gasteiger partial charge in [0, 0.05) is 51.7 Å². The van der Waals surface area contributed by atoms with Gasteiger partial charge in [-0.15, -0.1) is 0 Å². The first-order chi connectivity index (χ1) is 16.0. The fraction of sp³-hybridized carbons (Fsp3) is 0.348. The first-order valence-electron chi connectivity index (χ1n) is 10.6. The van der Waals surface area contributed by atoms with Crippen molar-refractivity contribution in [1.29, 1.82) is 5.26 Å². The number of carbonyl (C=O) groups excluding carboxylic acids is 1. The van der Waals surface area contributed by atoms with Gasteiger partial charge in [-0.2, -0.15) is 5.26 Å². The maximum Gasteiger partial charge on any atom is 0.259 e. The van der Waals surface area contributed by atoms with Crippen LogP contribution >= 0.6 is 0 Å². The Labute approximate surface area is 191 Å². The number of rotatable bonds is 7. The lowest BCUT2D eigenvalue weighted by Crippen LogP contribution is -2.42. The molecule has 10 heteroatoms. The van der Waals surface area contributed by atoms with Gasteiger partial charge < -0.3 is 25.0 Å². The van der Waals surface area contributed by atoms with Crippen molar-refractivity contribution in [2.24, 2.45) is 0 Å². The molecule has 1 atom stereocenters. The van der Waals surface area contributed by atoms with E-state index in [1.165, 1.54) is 4.90 Å². The van der Waals surface area contributed by atoms with Crippen molar-refractivity contribution in [3.05, 3.63) is 42.2 Å². The maximum absolute atomic E-state index is 11.8. The number of nitriles is 1. The zero-order valence-electron chi connectivity index (χ0n) is 18.5. The molecule has 0 saturated carbocycles. The summed E-state index contributed by atoms with van der Waals surface area (Å²) in [5.41, 5.74) is 3.02. The SMILES string of the molecule is CN(C)C(=O)COc1ccc(-c2cc3nccnc3c(NC[C@@H]3CNCCO3)n2)cc1C#N. The number of ether oxygens (including phenoxy) is 2. The topological polar surface area (TPSA) is 125 Å². The van der Waals surface area contributed by atoms with Crippen LogP contribution in [0.25, 0.3) is 22.3 Å². The molecule has 33 heavy (non-hydrogen) atoms. The Morgan fingerprint density at radius 3 is 2.94 bits per heavy atom. The van der Waals surface area contributed by atoms with Gasteiger partial charge in [0.1, 0.15) is 17.3 Å². The number of hydrogen-bond donors (Lipinski definition) is 2. The van der Waals surface area contributed by atoms with Crippen LogP contribution in [-0.4, -0.2) is 78.8 Å². The van der Waals surface area contributed by atoms with Gasteiger partial charge in [0.25, 0.3) is 5.91 Å². The molecule has 3 heterocycles. The summed E-state index contributed by atoms with van der Waals surface area (Å²) in [6.07, 6.45) is 3.29. The average Bonchev–Trinajstić information content (AvgIpc) is 2.86. The maximum atomic E-state index is 11.8. The Morgan fingerprint density at radius 2 is 2.18 bits per heavy atom. The van der Waals surface area contributed by atoms with Crippen LogP contribution < -0.4 is 15.4 Å². The molecule has 1 saturated heterocycles. The van der Waals surface area contributed by atoms with Crippen LogP contribution in [0, 0.1) is 11.3 Å². The summed E-state index contributed by atoms with van der Waals surface area (Å²) in [7, 11) is 3.30. The summed E-state index contributed by atoms with van der Waals surface area (Å²) in [6.45, 7) is 2.72. The van der Waals surface area contributed by atoms with E-state index in [0.717, 1.165) is 18.7 Å². The molecule has 2 N–H and O–H groups in total. The van der Waals surface area contributed by atoms with Crippen LogP contribution in [0.1, 0.15) is 5.56 Å². The number of nitrogens with one attached hydrogen (secondary N) is 2. The average molecular weight is 447 g/mol. The van der Waals surface area contributed by atoms with Crippen LogP contribution in [-0.2, 0) is 9.53 Å². The summed E-state index contributed by atoms with van der Waals surface area (Å²) in [6, 6.07) is 9.14. The normalized spacial score (nSPS) is 15.6. The molecule has 1 aromatic carbocycles. The van der Waals surface area contributed by atoms with Crippen molar-refractivity contribution in [2.75, 3.05) is 52.3 Å². The van der Waals surface area contributed by atoms with Crippen molar-refractivity contribution in [1.82, 2.24) is 25.2 Å². The smallest absolute Gasteiger partial charge is 0.259 e. The monoisotopic (exact) mass is 447 g/mol. The van der Waals surface area contributed by atoms with Gasteiger partial charge in [0.05, 0.1) is 29.5 Å². The van der Waals surface area contributed by atoms with E-state index in [9.17, 15) is 10.1 Å². The lowest BCUT2D eigenvalue weighted by molar-refractivity contribution is -0.130. The van der Waals surface area contributed by atoms with Gasteiger partial charge in [0.2, 0.25) is 0 Å². The minimum Gasteiger partial charge on any atom is -0.482 e. The number of pyridine rings is 1. The van der Waals surface area contributed by atoms with Gasteiger partial charge in [-0.3, -0.25) is 9.78 Å². The number of nitrogens with zero attached hydrogens (tertiary/aromatic N) is 5. The summed E-state index contributed by atoms with van der Waals surface area (Å²) in [4.78, 5) is 26.9. The fourth-order valence-electron chi connectivity index (χ4n) is 3.38. The predicted octanol–water partition coefficient (Wildman–Crippen LogP) is 1.43. The van der Waals surface area contributed by atoms with Crippen molar-refractivity contribution in [3.63, 3.8) is 0 Å². The highest BCUT2D eigenvalue weighted by Gasteiger charge is 2.16. The molecule has 1 fully saturated rings. The van der Waals surface area contributed by atoms with E-state index in [0.29, 0.717) is 47.0 Å². The molecule has 0 spiro atoms. The van der Waals surface area contributed by atoms with E-state index < -0.39 is 0 Å². The minimum atomic E-state index is -0.189. The molecule has 4 rings (SSSR count). The number of morpholine rings is 1. The van der Waals surface area contributed by atoms with Crippen LogP contribution in [0.15, 0.2) is 36.7 Å². The Hall–Kier alpha value is -3.81. The van der Waals surface area contributed by atoms with E-state index in [4.69, 9.17) is 14.5 Å². The van der Waals surface area contributed by atoms with Gasteiger partial charge >= 0.3 is 0 Å². The van der Waals surface area contributed by atoms with Gasteiger partial charge in [-0.25, -0.2) is 9.97 Å². The number of anilines is 1. The fourth-order valence-corrected chi connectivity index (χ4v) is 3.38. The Kier molecular flexibility index (Phi) is 6.92. The largest absolute Gasteiger partial charge is 0.482 e. The second-order valence-corrected chi connectivity index (χ2v) is 7.76. The predicted molar refractivity (Wildman–Crippen MR) is 123 cm³/mol. The summed E-state index contributed by atoms with van der Waals surface area (Å²) < 4.78 is 11.3. The second-order valence-electron chi connectivity index (χ2n) is 7.76. The standard InChI is InChI=1S/C23H25N7O3/c1-30(2)21(31)14-33-20-4-3-15(9-16(20)11-24)18-10-19-22(27-6-5-26-19)23(29-18)28-13-17-12-25-7-8-32-17/h3-6,9-10,17,25H,7-8,12-14H2,1-2H3,(H,28,29)/t17-/m0/s1.